The van der Waals surface area contributed by atoms with Gasteiger partial charge in [-0.2, -0.15) is 0 Å². The van der Waals surface area contributed by atoms with E-state index in [0.717, 1.165) is 61.9 Å². The monoisotopic (exact) mass is 438 g/mol. The molecule has 162 valence electrons. The van der Waals surface area contributed by atoms with Crippen LogP contribution in [-0.2, 0) is 20.3 Å². The normalized spacial score (nSPS) is 21.0. The minimum atomic E-state index is -3.50. The molecule has 3 aromatic rings. The number of hydrogen-bond donors (Lipinski definition) is 0. The van der Waals surface area contributed by atoms with E-state index in [1.807, 2.05) is 12.1 Å². The summed E-state index contributed by atoms with van der Waals surface area (Å²) in [5.74, 6) is -0.140. The third kappa shape index (κ3) is 4.20. The van der Waals surface area contributed by atoms with Gasteiger partial charge in [-0.1, -0.05) is 6.07 Å². The molecule has 2 aromatic heterocycles. The van der Waals surface area contributed by atoms with Crippen molar-refractivity contribution < 1.29 is 13.2 Å². The molecule has 4 heterocycles. The molecule has 31 heavy (non-hydrogen) atoms. The molecule has 0 spiro atoms. The van der Waals surface area contributed by atoms with Crippen LogP contribution >= 0.6 is 0 Å². The van der Waals surface area contributed by atoms with E-state index in [-0.39, 0.29) is 11.8 Å². The highest BCUT2D eigenvalue weighted by atomic mass is 32.2. The van der Waals surface area contributed by atoms with Crippen LogP contribution in [0.4, 0.5) is 0 Å². The zero-order valence-corrected chi connectivity index (χ0v) is 18.2. The van der Waals surface area contributed by atoms with Gasteiger partial charge >= 0.3 is 0 Å². The SMILES string of the molecule is O=S(=O)(Cc1ccncn1)c1ccc2c(C3CCCN3C3CCOCC3)nccc2c1. The van der Waals surface area contributed by atoms with E-state index in [4.69, 9.17) is 9.72 Å². The first-order valence-corrected chi connectivity index (χ1v) is 12.5. The van der Waals surface area contributed by atoms with Crippen LogP contribution in [0.1, 0.15) is 43.1 Å². The van der Waals surface area contributed by atoms with Crippen molar-refractivity contribution in [1.29, 1.82) is 0 Å². The van der Waals surface area contributed by atoms with Crippen LogP contribution in [0.2, 0.25) is 0 Å². The number of likely N-dealkylation sites (tertiary alicyclic amines) is 1. The van der Waals surface area contributed by atoms with Gasteiger partial charge in [-0.25, -0.2) is 18.4 Å². The largest absolute Gasteiger partial charge is 0.381 e. The van der Waals surface area contributed by atoms with Gasteiger partial charge < -0.3 is 4.74 Å². The fourth-order valence-electron chi connectivity index (χ4n) is 4.86. The molecule has 0 saturated carbocycles. The van der Waals surface area contributed by atoms with E-state index in [1.165, 1.54) is 6.33 Å². The molecule has 0 amide bonds. The number of hydrogen-bond acceptors (Lipinski definition) is 7. The molecule has 7 nitrogen and oxygen atoms in total. The smallest absolute Gasteiger partial charge is 0.184 e. The van der Waals surface area contributed by atoms with Crippen LogP contribution in [0.25, 0.3) is 10.8 Å². The second kappa shape index (κ2) is 8.61. The second-order valence-corrected chi connectivity index (χ2v) is 10.3. The summed E-state index contributed by atoms with van der Waals surface area (Å²) in [5, 5.41) is 1.94. The van der Waals surface area contributed by atoms with Gasteiger partial charge in [0.2, 0.25) is 0 Å². The number of rotatable bonds is 5. The molecule has 2 fully saturated rings. The Hall–Kier alpha value is -2.42. The van der Waals surface area contributed by atoms with Crippen molar-refractivity contribution in [3.8, 4) is 0 Å². The molecule has 0 radical (unpaired) electrons. The number of pyridine rings is 1. The van der Waals surface area contributed by atoms with E-state index in [9.17, 15) is 8.42 Å². The fraction of sp³-hybridized carbons (Fsp3) is 0.435. The summed E-state index contributed by atoms with van der Waals surface area (Å²) in [6.45, 7) is 2.73. The van der Waals surface area contributed by atoms with Crippen molar-refractivity contribution in [2.45, 2.75) is 48.4 Å². The van der Waals surface area contributed by atoms with Gasteiger partial charge in [-0.15, -0.1) is 0 Å². The first-order valence-electron chi connectivity index (χ1n) is 10.8. The lowest BCUT2D eigenvalue weighted by atomic mass is 10.0. The molecule has 2 saturated heterocycles. The van der Waals surface area contributed by atoms with Crippen LogP contribution in [0.3, 0.4) is 0 Å². The van der Waals surface area contributed by atoms with Crippen molar-refractivity contribution in [2.75, 3.05) is 19.8 Å². The van der Waals surface area contributed by atoms with Gasteiger partial charge in [0.25, 0.3) is 0 Å². The quantitative estimate of drug-likeness (QED) is 0.604. The highest BCUT2D eigenvalue weighted by Gasteiger charge is 2.34. The maximum absolute atomic E-state index is 12.9. The van der Waals surface area contributed by atoms with Crippen LogP contribution in [0.5, 0.6) is 0 Å². The number of nitrogens with zero attached hydrogens (tertiary/aromatic N) is 4. The van der Waals surface area contributed by atoms with E-state index < -0.39 is 9.84 Å². The zero-order chi connectivity index (χ0) is 21.3. The van der Waals surface area contributed by atoms with Crippen LogP contribution < -0.4 is 0 Å². The average molecular weight is 439 g/mol. The molecule has 0 aliphatic carbocycles. The molecule has 5 rings (SSSR count). The predicted molar refractivity (Wildman–Crippen MR) is 117 cm³/mol. The van der Waals surface area contributed by atoms with E-state index in [0.29, 0.717) is 16.6 Å². The number of ether oxygens (including phenoxy) is 1. The van der Waals surface area contributed by atoms with Crippen LogP contribution in [-0.4, -0.2) is 54.1 Å². The lowest BCUT2D eigenvalue weighted by Crippen LogP contribution is -2.39. The Morgan fingerprint density at radius 2 is 1.90 bits per heavy atom. The van der Waals surface area contributed by atoms with Crippen molar-refractivity contribution in [1.82, 2.24) is 19.9 Å². The molecule has 1 atom stereocenters. The van der Waals surface area contributed by atoms with Gasteiger partial charge in [-0.3, -0.25) is 9.88 Å². The number of fused-ring (bicyclic) bond motifs is 1. The van der Waals surface area contributed by atoms with E-state index >= 15 is 0 Å². The third-order valence-corrected chi connectivity index (χ3v) is 8.02. The highest BCUT2D eigenvalue weighted by molar-refractivity contribution is 7.90. The third-order valence-electron chi connectivity index (χ3n) is 6.38. The minimum absolute atomic E-state index is 0.140. The maximum Gasteiger partial charge on any atom is 0.184 e. The fourth-order valence-corrected chi connectivity index (χ4v) is 6.17. The molecule has 0 bridgehead atoms. The number of sulfone groups is 1. The summed E-state index contributed by atoms with van der Waals surface area (Å²) in [4.78, 5) is 15.6. The predicted octanol–water partition coefficient (Wildman–Crippen LogP) is 3.31. The van der Waals surface area contributed by atoms with Gasteiger partial charge in [-0.05, 0) is 61.9 Å². The summed E-state index contributed by atoms with van der Waals surface area (Å²) >= 11 is 0. The molecule has 8 heteroatoms. The van der Waals surface area contributed by atoms with E-state index in [1.54, 1.807) is 30.6 Å². The topological polar surface area (TPSA) is 85.3 Å². The molecule has 1 unspecified atom stereocenters. The summed E-state index contributed by atoms with van der Waals surface area (Å²) in [6.07, 6.45) is 9.10. The Labute approximate surface area is 182 Å². The zero-order valence-electron chi connectivity index (χ0n) is 17.4. The number of benzene rings is 1. The Bertz CT molecular complexity index is 1160. The van der Waals surface area contributed by atoms with Crippen molar-refractivity contribution in [2.24, 2.45) is 0 Å². The molecule has 2 aliphatic heterocycles. The van der Waals surface area contributed by atoms with Crippen molar-refractivity contribution >= 4 is 20.6 Å². The Balaban J connectivity index is 1.46. The van der Waals surface area contributed by atoms with Crippen LogP contribution in [0.15, 0.2) is 53.9 Å². The lowest BCUT2D eigenvalue weighted by Gasteiger charge is -2.35. The van der Waals surface area contributed by atoms with Crippen LogP contribution in [0, 0.1) is 0 Å². The summed E-state index contributed by atoms with van der Waals surface area (Å²) in [5.41, 5.74) is 1.55. The van der Waals surface area contributed by atoms with E-state index in [2.05, 4.69) is 14.9 Å². The highest BCUT2D eigenvalue weighted by Crippen LogP contribution is 2.38. The first-order chi connectivity index (χ1) is 15.1. The molecular formula is C23H26N4O3S. The van der Waals surface area contributed by atoms with Crippen molar-refractivity contribution in [3.63, 3.8) is 0 Å². The van der Waals surface area contributed by atoms with Gasteiger partial charge in [0.1, 0.15) is 6.33 Å². The molecule has 2 aliphatic rings. The molecular weight excluding hydrogens is 412 g/mol. The van der Waals surface area contributed by atoms with Crippen molar-refractivity contribution in [3.05, 3.63) is 60.4 Å². The lowest BCUT2D eigenvalue weighted by molar-refractivity contribution is 0.0287. The first kappa shape index (κ1) is 20.5. The van der Waals surface area contributed by atoms with Gasteiger partial charge in [0.15, 0.2) is 9.84 Å². The second-order valence-electron chi connectivity index (χ2n) is 8.28. The Morgan fingerprint density at radius 3 is 2.71 bits per heavy atom. The summed E-state index contributed by atoms with van der Waals surface area (Å²) < 4.78 is 31.4. The Kier molecular flexibility index (Phi) is 5.69. The van der Waals surface area contributed by atoms with Gasteiger partial charge in [0.05, 0.1) is 28.1 Å². The standard InChI is InChI=1S/C23H26N4O3S/c28-31(29,15-18-6-9-24-16-26-18)20-3-4-21-17(14-20)5-10-25-23(21)22-2-1-11-27(22)19-7-12-30-13-8-19/h3-6,9-10,14,16,19,22H,1-2,7-8,11-13,15H2. The average Bonchev–Trinajstić information content (AvgIpc) is 3.29. The molecule has 1 aromatic carbocycles. The Morgan fingerprint density at radius 1 is 1.03 bits per heavy atom. The summed E-state index contributed by atoms with van der Waals surface area (Å²) in [7, 11) is -3.50. The minimum Gasteiger partial charge on any atom is -0.381 e. The van der Waals surface area contributed by atoms with Gasteiger partial charge in [0, 0.05) is 37.0 Å². The number of aromatic nitrogens is 3. The molecule has 0 N–H and O–H groups in total. The summed E-state index contributed by atoms with van der Waals surface area (Å²) in [6, 6.07) is 9.73. The maximum atomic E-state index is 12.9.